The lowest BCUT2D eigenvalue weighted by atomic mass is 10.0. The van der Waals surface area contributed by atoms with Crippen LogP contribution in [0.3, 0.4) is 0 Å². The summed E-state index contributed by atoms with van der Waals surface area (Å²) < 4.78 is 1.58. The third kappa shape index (κ3) is 4.70. The smallest absolute Gasteiger partial charge is 0.352 e. The average Bonchev–Trinajstić information content (AvgIpc) is 3.31. The van der Waals surface area contributed by atoms with Crippen molar-refractivity contribution in [2.24, 2.45) is 5.16 Å². The lowest BCUT2D eigenvalue weighted by Crippen LogP contribution is -2.71. The third-order valence-electron chi connectivity index (χ3n) is 5.62. The molecule has 11 nitrogen and oxygen atoms in total. The number of rotatable bonds is 7. The van der Waals surface area contributed by atoms with Crippen LogP contribution >= 0.6 is 46.2 Å². The van der Waals surface area contributed by atoms with Gasteiger partial charge >= 0.3 is 5.97 Å². The van der Waals surface area contributed by atoms with Gasteiger partial charge in [0, 0.05) is 33.0 Å². The molecule has 2 atom stereocenters. The van der Waals surface area contributed by atoms with Crippen LogP contribution < -0.4 is 16.5 Å². The number of hydrogen-bond donors (Lipinski definition) is 4. The van der Waals surface area contributed by atoms with Crippen molar-refractivity contribution < 1.29 is 24.7 Å². The maximum atomic E-state index is 12.9. The molecule has 5 N–H and O–H groups in total. The molecule has 15 heteroatoms. The predicted molar refractivity (Wildman–Crippen MR) is 143 cm³/mol. The molecule has 1 fully saturated rings. The summed E-state index contributed by atoms with van der Waals surface area (Å²) in [7, 11) is 0. The second-order valence-corrected chi connectivity index (χ2v) is 12.2. The molecule has 4 heterocycles. The molecule has 1 saturated heterocycles. The second-order valence-electron chi connectivity index (χ2n) is 7.85. The minimum atomic E-state index is -1.25. The molecule has 5 rings (SSSR count). The Morgan fingerprint density at radius 2 is 2.08 bits per heavy atom. The van der Waals surface area contributed by atoms with E-state index in [0.29, 0.717) is 16.7 Å². The minimum absolute atomic E-state index is 0.0591. The minimum Gasteiger partial charge on any atom is -0.477 e. The highest BCUT2D eigenvalue weighted by Crippen LogP contribution is 2.42. The first-order chi connectivity index (χ1) is 17.8. The topological polar surface area (TPSA) is 175 Å². The molecule has 2 aromatic heterocycles. The summed E-state index contributed by atoms with van der Waals surface area (Å²) >= 11 is 5.16. The number of carbonyl (C=O) groups excluding carboxylic acids is 2. The highest BCUT2D eigenvalue weighted by molar-refractivity contribution is 8.02. The first-order valence-electron chi connectivity index (χ1n) is 10.6. The predicted octanol–water partition coefficient (Wildman–Crippen LogP) is 2.01. The number of aliphatic carboxylic acids is 1. The summed E-state index contributed by atoms with van der Waals surface area (Å²) in [5, 5.41) is 26.3. The second kappa shape index (κ2) is 10.2. The van der Waals surface area contributed by atoms with E-state index in [1.54, 1.807) is 12.1 Å². The number of benzene rings is 1. The maximum Gasteiger partial charge on any atom is 0.352 e. The van der Waals surface area contributed by atoms with Crippen LogP contribution in [0.4, 0.5) is 5.13 Å². The van der Waals surface area contributed by atoms with Gasteiger partial charge in [-0.2, -0.15) is 0 Å². The van der Waals surface area contributed by atoms with E-state index in [1.165, 1.54) is 46.3 Å². The summed E-state index contributed by atoms with van der Waals surface area (Å²) in [4.78, 5) is 55.2. The molecule has 0 unspecified atom stereocenters. The molecule has 0 bridgehead atoms. The number of thiazole rings is 1. The number of carboxylic acids is 1. The first kappa shape index (κ1) is 25.3. The number of anilines is 1. The zero-order valence-electron chi connectivity index (χ0n) is 18.6. The van der Waals surface area contributed by atoms with E-state index < -0.39 is 34.9 Å². The average molecular weight is 576 g/mol. The van der Waals surface area contributed by atoms with Crippen molar-refractivity contribution in [3.05, 3.63) is 62.9 Å². The van der Waals surface area contributed by atoms with Gasteiger partial charge in [0.15, 0.2) is 16.3 Å². The van der Waals surface area contributed by atoms with Crippen molar-refractivity contribution in [3.63, 3.8) is 0 Å². The van der Waals surface area contributed by atoms with E-state index >= 15 is 0 Å². The Morgan fingerprint density at radius 3 is 2.78 bits per heavy atom. The van der Waals surface area contributed by atoms with Gasteiger partial charge in [-0.1, -0.05) is 17.3 Å². The summed E-state index contributed by atoms with van der Waals surface area (Å²) in [6, 6.07) is 7.81. The molecule has 37 heavy (non-hydrogen) atoms. The Balaban J connectivity index is 1.32. The molecule has 2 aliphatic heterocycles. The van der Waals surface area contributed by atoms with Crippen LogP contribution in [-0.2, 0) is 14.4 Å². The van der Waals surface area contributed by atoms with E-state index in [1.807, 2.05) is 12.1 Å². The van der Waals surface area contributed by atoms with Crippen LogP contribution in [0, 0.1) is 0 Å². The van der Waals surface area contributed by atoms with Crippen molar-refractivity contribution in [2.75, 3.05) is 17.2 Å². The molecule has 0 spiro atoms. The van der Waals surface area contributed by atoms with Crippen LogP contribution in [0.15, 0.2) is 61.1 Å². The summed E-state index contributed by atoms with van der Waals surface area (Å²) in [5.74, 6) is -2.07. The summed E-state index contributed by atoms with van der Waals surface area (Å²) in [6.07, 6.45) is 0. The monoisotopic (exact) mass is 575 g/mol. The summed E-state index contributed by atoms with van der Waals surface area (Å²) in [5.41, 5.74) is 5.54. The molecule has 2 aliphatic rings. The van der Waals surface area contributed by atoms with Crippen molar-refractivity contribution >= 4 is 84.9 Å². The van der Waals surface area contributed by atoms with E-state index in [9.17, 15) is 29.5 Å². The Hall–Kier alpha value is -3.40. The number of carboxylic acid groups (broad SMARTS) is 1. The maximum absolute atomic E-state index is 12.9. The van der Waals surface area contributed by atoms with Crippen molar-refractivity contribution in [2.45, 2.75) is 15.6 Å². The fraction of sp³-hybridized carbons (Fsp3) is 0.182. The lowest BCUT2D eigenvalue weighted by molar-refractivity contribution is -0.150. The zero-order valence-corrected chi connectivity index (χ0v) is 21.9. The van der Waals surface area contributed by atoms with Gasteiger partial charge in [0.2, 0.25) is 0 Å². The number of carbonyl (C=O) groups is 3. The highest BCUT2D eigenvalue weighted by Gasteiger charge is 2.54. The van der Waals surface area contributed by atoms with Gasteiger partial charge in [-0.25, -0.2) is 9.78 Å². The van der Waals surface area contributed by atoms with E-state index in [2.05, 4.69) is 15.5 Å². The molecule has 0 aliphatic carbocycles. The Morgan fingerprint density at radius 1 is 1.30 bits per heavy atom. The molecule has 0 radical (unpaired) electrons. The van der Waals surface area contributed by atoms with Gasteiger partial charge in [-0.05, 0) is 17.7 Å². The van der Waals surface area contributed by atoms with Crippen molar-refractivity contribution in [3.8, 4) is 0 Å². The van der Waals surface area contributed by atoms with Crippen LogP contribution in [0.5, 0.6) is 0 Å². The zero-order chi connectivity index (χ0) is 26.3. The van der Waals surface area contributed by atoms with E-state index in [0.717, 1.165) is 25.1 Å². The Bertz CT molecular complexity index is 1560. The Kier molecular flexibility index (Phi) is 6.94. The fourth-order valence-corrected chi connectivity index (χ4v) is 8.18. The van der Waals surface area contributed by atoms with Crippen LogP contribution in [0.1, 0.15) is 5.69 Å². The Labute approximate surface area is 225 Å². The molecule has 0 saturated carbocycles. The number of thioether (sulfide) groups is 2. The quantitative estimate of drug-likeness (QED) is 0.107. The molecule has 1 aromatic carbocycles. The first-order valence-corrected chi connectivity index (χ1v) is 14.3. The van der Waals surface area contributed by atoms with Gasteiger partial charge in [0.25, 0.3) is 11.8 Å². The number of aromatic nitrogens is 1. The molecule has 2 amide bonds. The highest BCUT2D eigenvalue weighted by atomic mass is 32.2. The van der Waals surface area contributed by atoms with E-state index in [4.69, 9.17) is 5.73 Å². The SMILES string of the molecule is Nc1nc(/C(=N/O)C(=O)N[C@@H]2C(=O)N3C(C(=O)O)=C(CSc4cc(=O)c5ccccc5s4)CS[C@H]23)cs1. The van der Waals surface area contributed by atoms with Gasteiger partial charge in [0.05, 0.1) is 4.21 Å². The van der Waals surface area contributed by atoms with Gasteiger partial charge in [-0.15, -0.1) is 46.2 Å². The van der Waals surface area contributed by atoms with Crippen molar-refractivity contribution in [1.82, 2.24) is 15.2 Å². The molecular formula is C22H17N5O6S4. The van der Waals surface area contributed by atoms with Crippen molar-refractivity contribution in [1.29, 1.82) is 0 Å². The normalized spacial score (nSPS) is 19.5. The fourth-order valence-electron chi connectivity index (χ4n) is 3.92. The van der Waals surface area contributed by atoms with Gasteiger partial charge in [-0.3, -0.25) is 19.3 Å². The summed E-state index contributed by atoms with van der Waals surface area (Å²) in [6.45, 7) is 0. The number of hydrogen-bond acceptors (Lipinski definition) is 12. The number of nitrogens with one attached hydrogen (secondary N) is 1. The lowest BCUT2D eigenvalue weighted by Gasteiger charge is -2.49. The number of amides is 2. The van der Waals surface area contributed by atoms with Crippen LogP contribution in [0.25, 0.3) is 10.1 Å². The van der Waals surface area contributed by atoms with Crippen LogP contribution in [0.2, 0.25) is 0 Å². The number of nitrogen functional groups attached to an aromatic ring is 1. The van der Waals surface area contributed by atoms with Gasteiger partial charge in [0.1, 0.15) is 22.8 Å². The number of oxime groups is 1. The number of β-lactam (4-membered cyclic amide) rings is 1. The standard InChI is InChI=1S/C22H17N5O6S4/c23-22-24-11(8-36-22)15(26-33)18(29)25-16-19(30)27-17(21(31)32)9(7-35-20(16)27)6-34-14-5-12(28)10-3-1-2-4-13(10)37-14/h1-5,8,16,20,33H,6-7H2,(H2,23,24)(H,25,29)(H,31,32)/b26-15-/t16-,20-/m1/s1. The van der Waals surface area contributed by atoms with Gasteiger partial charge < -0.3 is 21.4 Å². The number of nitrogens with zero attached hydrogens (tertiary/aromatic N) is 3. The third-order valence-corrected chi connectivity index (χ3v) is 10.0. The molecule has 190 valence electrons. The van der Waals surface area contributed by atoms with Crippen LogP contribution in [-0.4, -0.2) is 66.6 Å². The molecular weight excluding hydrogens is 559 g/mol. The largest absolute Gasteiger partial charge is 0.477 e. The molecule has 3 aromatic rings. The number of fused-ring (bicyclic) bond motifs is 2. The number of nitrogens with two attached hydrogens (primary N) is 1. The van der Waals surface area contributed by atoms with E-state index in [-0.39, 0.29) is 27.7 Å².